The summed E-state index contributed by atoms with van der Waals surface area (Å²) in [5.41, 5.74) is 1.62. The van der Waals surface area contributed by atoms with E-state index in [1.54, 1.807) is 48.2 Å². The molecule has 0 spiro atoms. The molecule has 0 bridgehead atoms. The zero-order valence-electron chi connectivity index (χ0n) is 18.6. The third-order valence-electron chi connectivity index (χ3n) is 5.03. The van der Waals surface area contributed by atoms with Crippen molar-refractivity contribution in [3.63, 3.8) is 0 Å². The molecule has 1 aliphatic heterocycles. The fourth-order valence-corrected chi connectivity index (χ4v) is 3.40. The molecule has 3 rings (SSSR count). The molecule has 1 unspecified atom stereocenters. The number of methoxy groups -OCH3 is 2. The zero-order valence-corrected chi connectivity index (χ0v) is 18.6. The highest BCUT2D eigenvalue weighted by molar-refractivity contribution is 6.06. The highest BCUT2D eigenvalue weighted by Crippen LogP contribution is 2.36. The van der Waals surface area contributed by atoms with Crippen molar-refractivity contribution in [2.45, 2.75) is 19.4 Å². The fraction of sp³-hybridized carbons (Fsp3) is 0.391. The Morgan fingerprint density at radius 3 is 2.42 bits per heavy atom. The number of carbonyl (C=O) groups is 2. The van der Waals surface area contributed by atoms with Crippen molar-refractivity contribution in [2.75, 3.05) is 51.6 Å². The number of ether oxygens (including phenoxy) is 3. The van der Waals surface area contributed by atoms with Gasteiger partial charge in [-0.2, -0.15) is 0 Å². The SMILES string of the molecule is COc1cc(OC)cc(C(=O)Nc2ccc3c(c2)N(CCCN(C)C)C(=O)C(C)O3)c1. The maximum Gasteiger partial charge on any atom is 0.267 e. The van der Waals surface area contributed by atoms with Crippen LogP contribution in [0.3, 0.4) is 0 Å². The van der Waals surface area contributed by atoms with E-state index in [1.807, 2.05) is 14.1 Å². The summed E-state index contributed by atoms with van der Waals surface area (Å²) in [7, 11) is 7.06. The topological polar surface area (TPSA) is 80.3 Å². The molecule has 2 aromatic carbocycles. The Labute approximate surface area is 182 Å². The van der Waals surface area contributed by atoms with E-state index in [0.29, 0.717) is 40.7 Å². The first kappa shape index (κ1) is 22.4. The van der Waals surface area contributed by atoms with Crippen LogP contribution in [-0.4, -0.2) is 64.2 Å². The quantitative estimate of drug-likeness (QED) is 0.698. The number of carbonyl (C=O) groups excluding carboxylic acids is 2. The number of hydrogen-bond acceptors (Lipinski definition) is 6. The van der Waals surface area contributed by atoms with Gasteiger partial charge in [0.15, 0.2) is 6.10 Å². The molecule has 0 aromatic heterocycles. The molecule has 0 saturated heterocycles. The average molecular weight is 428 g/mol. The van der Waals surface area contributed by atoms with E-state index in [9.17, 15) is 9.59 Å². The molecular formula is C23H29N3O5. The number of rotatable bonds is 8. The number of fused-ring (bicyclic) bond motifs is 1. The number of nitrogens with one attached hydrogen (secondary N) is 1. The maximum atomic E-state index is 12.8. The molecule has 0 aliphatic carbocycles. The Balaban J connectivity index is 1.83. The van der Waals surface area contributed by atoms with Crippen LogP contribution >= 0.6 is 0 Å². The molecule has 2 aromatic rings. The summed E-state index contributed by atoms with van der Waals surface area (Å²) in [6.45, 7) is 3.18. The molecule has 0 fully saturated rings. The summed E-state index contributed by atoms with van der Waals surface area (Å²) in [4.78, 5) is 29.4. The van der Waals surface area contributed by atoms with E-state index in [0.717, 1.165) is 13.0 Å². The van der Waals surface area contributed by atoms with Crippen LogP contribution in [0.5, 0.6) is 17.2 Å². The largest absolute Gasteiger partial charge is 0.497 e. The van der Waals surface area contributed by atoms with E-state index < -0.39 is 6.10 Å². The van der Waals surface area contributed by atoms with Gasteiger partial charge in [0.1, 0.15) is 17.2 Å². The Bertz CT molecular complexity index is 938. The minimum Gasteiger partial charge on any atom is -0.497 e. The van der Waals surface area contributed by atoms with Gasteiger partial charge in [0, 0.05) is 23.9 Å². The molecule has 1 atom stereocenters. The Morgan fingerprint density at radius 2 is 1.81 bits per heavy atom. The summed E-state index contributed by atoms with van der Waals surface area (Å²) in [6, 6.07) is 10.3. The number of anilines is 2. The van der Waals surface area contributed by atoms with Crippen molar-refractivity contribution in [1.82, 2.24) is 4.90 Å². The number of nitrogens with zero attached hydrogens (tertiary/aromatic N) is 2. The number of amides is 2. The third-order valence-corrected chi connectivity index (χ3v) is 5.03. The maximum absolute atomic E-state index is 12.8. The van der Waals surface area contributed by atoms with Gasteiger partial charge in [-0.25, -0.2) is 0 Å². The first-order valence-corrected chi connectivity index (χ1v) is 10.1. The molecule has 31 heavy (non-hydrogen) atoms. The Kier molecular flexibility index (Phi) is 7.02. The first-order valence-electron chi connectivity index (χ1n) is 10.1. The average Bonchev–Trinajstić information content (AvgIpc) is 2.76. The van der Waals surface area contributed by atoms with Gasteiger partial charge in [-0.1, -0.05) is 0 Å². The Hall–Kier alpha value is -3.26. The van der Waals surface area contributed by atoms with E-state index in [4.69, 9.17) is 14.2 Å². The second-order valence-electron chi connectivity index (χ2n) is 7.64. The van der Waals surface area contributed by atoms with E-state index in [1.165, 1.54) is 14.2 Å². The lowest BCUT2D eigenvalue weighted by Gasteiger charge is -2.33. The van der Waals surface area contributed by atoms with Crippen LogP contribution < -0.4 is 24.4 Å². The monoisotopic (exact) mass is 427 g/mol. The minimum absolute atomic E-state index is 0.0905. The van der Waals surface area contributed by atoms with Crippen molar-refractivity contribution in [3.05, 3.63) is 42.0 Å². The lowest BCUT2D eigenvalue weighted by atomic mass is 10.1. The van der Waals surface area contributed by atoms with Crippen LogP contribution in [0.2, 0.25) is 0 Å². The summed E-state index contributed by atoms with van der Waals surface area (Å²) < 4.78 is 16.2. The van der Waals surface area contributed by atoms with E-state index in [-0.39, 0.29) is 11.8 Å². The molecule has 1 heterocycles. The number of benzene rings is 2. The summed E-state index contributed by atoms with van der Waals surface area (Å²) >= 11 is 0. The van der Waals surface area contributed by atoms with Crippen molar-refractivity contribution >= 4 is 23.2 Å². The lowest BCUT2D eigenvalue weighted by molar-refractivity contribution is -0.125. The molecular weight excluding hydrogens is 398 g/mol. The summed E-state index contributed by atoms with van der Waals surface area (Å²) in [5, 5.41) is 2.88. The van der Waals surface area contributed by atoms with Crippen LogP contribution in [0.4, 0.5) is 11.4 Å². The minimum atomic E-state index is -0.545. The van der Waals surface area contributed by atoms with Gasteiger partial charge in [0.2, 0.25) is 0 Å². The van der Waals surface area contributed by atoms with Crippen LogP contribution in [-0.2, 0) is 4.79 Å². The molecule has 0 saturated carbocycles. The van der Waals surface area contributed by atoms with Crippen molar-refractivity contribution in [2.24, 2.45) is 0 Å². The molecule has 8 heteroatoms. The molecule has 1 N–H and O–H groups in total. The van der Waals surface area contributed by atoms with Crippen LogP contribution in [0.25, 0.3) is 0 Å². The lowest BCUT2D eigenvalue weighted by Crippen LogP contribution is -2.45. The molecule has 0 radical (unpaired) electrons. The van der Waals surface area contributed by atoms with Gasteiger partial charge in [0.25, 0.3) is 11.8 Å². The van der Waals surface area contributed by atoms with Crippen molar-refractivity contribution < 1.29 is 23.8 Å². The molecule has 166 valence electrons. The van der Waals surface area contributed by atoms with Crippen molar-refractivity contribution in [3.8, 4) is 17.2 Å². The smallest absolute Gasteiger partial charge is 0.267 e. The summed E-state index contributed by atoms with van der Waals surface area (Å²) in [6.07, 6.45) is 0.280. The van der Waals surface area contributed by atoms with E-state index in [2.05, 4.69) is 10.2 Å². The predicted octanol–water partition coefficient (Wildman–Crippen LogP) is 3.02. The van der Waals surface area contributed by atoms with Gasteiger partial charge in [0.05, 0.1) is 19.9 Å². The fourth-order valence-electron chi connectivity index (χ4n) is 3.40. The van der Waals surface area contributed by atoms with Gasteiger partial charge in [-0.05, 0) is 64.3 Å². The molecule has 8 nitrogen and oxygen atoms in total. The second kappa shape index (κ2) is 9.70. The second-order valence-corrected chi connectivity index (χ2v) is 7.64. The van der Waals surface area contributed by atoms with Crippen molar-refractivity contribution in [1.29, 1.82) is 0 Å². The third kappa shape index (κ3) is 5.27. The standard InChI is InChI=1S/C23H29N3O5/c1-15-23(28)26(10-6-9-25(2)3)20-13-17(7-8-21(20)31-15)24-22(27)16-11-18(29-4)14-19(12-16)30-5/h7-8,11-15H,6,9-10H2,1-5H3,(H,24,27). The van der Waals surface area contributed by atoms with Crippen LogP contribution in [0.1, 0.15) is 23.7 Å². The van der Waals surface area contributed by atoms with E-state index >= 15 is 0 Å². The van der Waals surface area contributed by atoms with Gasteiger partial charge in [-0.3, -0.25) is 9.59 Å². The zero-order chi connectivity index (χ0) is 22.5. The number of hydrogen-bond donors (Lipinski definition) is 1. The highest BCUT2D eigenvalue weighted by atomic mass is 16.5. The molecule has 1 aliphatic rings. The van der Waals surface area contributed by atoms with Crippen LogP contribution in [0, 0.1) is 0 Å². The van der Waals surface area contributed by atoms with Gasteiger partial charge in [-0.15, -0.1) is 0 Å². The predicted molar refractivity (Wildman–Crippen MR) is 120 cm³/mol. The normalized spacial score (nSPS) is 15.4. The Morgan fingerprint density at radius 1 is 1.13 bits per heavy atom. The summed E-state index contributed by atoms with van der Waals surface area (Å²) in [5.74, 6) is 1.27. The van der Waals surface area contributed by atoms with Gasteiger partial charge < -0.3 is 29.3 Å². The highest BCUT2D eigenvalue weighted by Gasteiger charge is 2.31. The molecule has 2 amide bonds. The van der Waals surface area contributed by atoms with Crippen LogP contribution in [0.15, 0.2) is 36.4 Å². The first-order chi connectivity index (χ1) is 14.8. The van der Waals surface area contributed by atoms with Gasteiger partial charge >= 0.3 is 0 Å².